The molecule has 0 aromatic rings. The van der Waals surface area contributed by atoms with Gasteiger partial charge in [-0.3, -0.25) is 9.59 Å². The molecule has 3 N–H and O–H groups in total. The molecule has 2 unspecified atom stereocenters. The fourth-order valence-corrected chi connectivity index (χ4v) is 7.99. The molecule has 0 aliphatic carbocycles. The molecule has 0 aliphatic heterocycles. The Morgan fingerprint density at radius 2 is 0.732 bits per heavy atom. The number of unbranched alkanes of at least 4 members (excludes halogenated alkanes) is 36. The normalized spacial score (nSPS) is 12.6. The molecule has 334 valence electrons. The van der Waals surface area contributed by atoms with Crippen LogP contribution in [0.1, 0.15) is 284 Å². The molecule has 1 amide bonds. The van der Waals surface area contributed by atoms with Crippen molar-refractivity contribution in [2.45, 2.75) is 296 Å². The molecule has 0 saturated heterocycles. The molecule has 0 saturated carbocycles. The first kappa shape index (κ1) is 54.9. The number of carbonyl (C=O) groups is 2. The van der Waals surface area contributed by atoms with E-state index < -0.39 is 12.1 Å². The van der Waals surface area contributed by atoms with E-state index in [1.165, 1.54) is 205 Å². The zero-order chi connectivity index (χ0) is 40.8. The fraction of sp³-hybridized carbons (Fsp3) is 0.960. The van der Waals surface area contributed by atoms with Gasteiger partial charge in [-0.25, -0.2) is 0 Å². The summed E-state index contributed by atoms with van der Waals surface area (Å²) in [7, 11) is 0. The van der Waals surface area contributed by atoms with Crippen LogP contribution in [0, 0.1) is 0 Å². The van der Waals surface area contributed by atoms with Gasteiger partial charge < -0.3 is 20.3 Å². The van der Waals surface area contributed by atoms with E-state index in [1.807, 2.05) is 0 Å². The van der Waals surface area contributed by atoms with E-state index >= 15 is 0 Å². The van der Waals surface area contributed by atoms with Gasteiger partial charge in [-0.05, 0) is 25.7 Å². The van der Waals surface area contributed by atoms with Crippen molar-refractivity contribution in [3.8, 4) is 0 Å². The number of carbonyl (C=O) groups excluding carboxylic acids is 2. The minimum atomic E-state index is -0.665. The fourth-order valence-electron chi connectivity index (χ4n) is 7.99. The molecule has 0 fully saturated rings. The van der Waals surface area contributed by atoms with Crippen molar-refractivity contribution < 1.29 is 24.5 Å². The topological polar surface area (TPSA) is 95.9 Å². The average molecular weight is 794 g/mol. The summed E-state index contributed by atoms with van der Waals surface area (Å²) in [6.45, 7) is 4.93. The number of aliphatic hydroxyl groups is 2. The SMILES string of the molecule is CCCCCCCCCCCCCCCC(=O)OCCCCCCCCCCCCCCCCCCC(=O)NC(CO)C(O)CCCCCCCCCCCC. The van der Waals surface area contributed by atoms with Crippen molar-refractivity contribution in [3.63, 3.8) is 0 Å². The van der Waals surface area contributed by atoms with Crippen molar-refractivity contribution >= 4 is 11.9 Å². The third kappa shape index (κ3) is 42.5. The van der Waals surface area contributed by atoms with Crippen molar-refractivity contribution in [2.75, 3.05) is 13.2 Å². The maximum Gasteiger partial charge on any atom is 0.305 e. The summed E-state index contributed by atoms with van der Waals surface area (Å²) in [5.74, 6) is -0.0375. The molecule has 0 radical (unpaired) electrons. The Kier molecular flexibility index (Phi) is 45.6. The third-order valence-electron chi connectivity index (χ3n) is 11.9. The molecule has 0 aliphatic rings. The first-order chi connectivity index (χ1) is 27.5. The van der Waals surface area contributed by atoms with E-state index in [0.29, 0.717) is 25.9 Å². The van der Waals surface area contributed by atoms with Crippen LogP contribution in [0.2, 0.25) is 0 Å². The number of aliphatic hydroxyl groups excluding tert-OH is 2. The van der Waals surface area contributed by atoms with Crippen LogP contribution in [0.3, 0.4) is 0 Å². The van der Waals surface area contributed by atoms with Gasteiger partial charge in [-0.1, -0.05) is 245 Å². The number of amides is 1. The predicted octanol–water partition coefficient (Wildman–Crippen LogP) is 14.8. The Labute approximate surface area is 349 Å². The number of esters is 1. The molecular formula is C50H99NO5. The van der Waals surface area contributed by atoms with Crippen LogP contribution in [0.25, 0.3) is 0 Å². The highest BCUT2D eigenvalue weighted by Crippen LogP contribution is 2.17. The quantitative estimate of drug-likeness (QED) is 0.0421. The summed E-state index contributed by atoms with van der Waals surface area (Å²) in [5, 5.41) is 23.1. The lowest BCUT2D eigenvalue weighted by atomic mass is 10.0. The van der Waals surface area contributed by atoms with Gasteiger partial charge in [0.1, 0.15) is 0 Å². The lowest BCUT2D eigenvalue weighted by molar-refractivity contribution is -0.143. The first-order valence-corrected chi connectivity index (χ1v) is 25.3. The number of hydrogen-bond donors (Lipinski definition) is 3. The lowest BCUT2D eigenvalue weighted by Gasteiger charge is -2.22. The van der Waals surface area contributed by atoms with E-state index in [4.69, 9.17) is 4.74 Å². The Morgan fingerprint density at radius 1 is 0.429 bits per heavy atom. The molecule has 0 spiro atoms. The highest BCUT2D eigenvalue weighted by Gasteiger charge is 2.20. The molecule has 2 atom stereocenters. The summed E-state index contributed by atoms with van der Waals surface area (Å²) in [5.41, 5.74) is 0. The van der Waals surface area contributed by atoms with Crippen LogP contribution in [-0.4, -0.2) is 47.4 Å². The molecule has 0 heterocycles. The summed E-state index contributed by atoms with van der Waals surface area (Å²) in [6, 6.07) is -0.543. The first-order valence-electron chi connectivity index (χ1n) is 25.3. The second kappa shape index (κ2) is 46.5. The minimum absolute atomic E-state index is 0.00487. The van der Waals surface area contributed by atoms with E-state index in [9.17, 15) is 19.8 Å². The molecule has 0 aromatic carbocycles. The van der Waals surface area contributed by atoms with Crippen molar-refractivity contribution in [1.82, 2.24) is 5.32 Å². The van der Waals surface area contributed by atoms with Gasteiger partial charge in [-0.15, -0.1) is 0 Å². The summed E-state index contributed by atoms with van der Waals surface area (Å²) < 4.78 is 5.46. The van der Waals surface area contributed by atoms with E-state index in [0.717, 1.165) is 44.9 Å². The Morgan fingerprint density at radius 3 is 1.09 bits per heavy atom. The molecular weight excluding hydrogens is 695 g/mol. The van der Waals surface area contributed by atoms with Crippen LogP contribution in [0.5, 0.6) is 0 Å². The van der Waals surface area contributed by atoms with Crippen LogP contribution in [0.15, 0.2) is 0 Å². The largest absolute Gasteiger partial charge is 0.466 e. The highest BCUT2D eigenvalue weighted by molar-refractivity contribution is 5.76. The second-order valence-corrected chi connectivity index (χ2v) is 17.5. The van der Waals surface area contributed by atoms with Crippen molar-refractivity contribution in [3.05, 3.63) is 0 Å². The highest BCUT2D eigenvalue weighted by atomic mass is 16.5. The molecule has 6 nitrogen and oxygen atoms in total. The van der Waals surface area contributed by atoms with Gasteiger partial charge in [0, 0.05) is 12.8 Å². The zero-order valence-electron chi connectivity index (χ0n) is 37.9. The Bertz CT molecular complexity index is 791. The predicted molar refractivity (Wildman–Crippen MR) is 241 cm³/mol. The smallest absolute Gasteiger partial charge is 0.305 e. The Balaban J connectivity index is 3.39. The summed E-state index contributed by atoms with van der Waals surface area (Å²) >= 11 is 0. The molecule has 0 bridgehead atoms. The average Bonchev–Trinajstić information content (AvgIpc) is 3.20. The summed E-state index contributed by atoms with van der Waals surface area (Å²) in [6.07, 6.45) is 50.7. The van der Waals surface area contributed by atoms with Gasteiger partial charge in [0.25, 0.3) is 0 Å². The van der Waals surface area contributed by atoms with Gasteiger partial charge in [0.2, 0.25) is 5.91 Å². The van der Waals surface area contributed by atoms with Gasteiger partial charge in [-0.2, -0.15) is 0 Å². The van der Waals surface area contributed by atoms with Crippen molar-refractivity contribution in [2.24, 2.45) is 0 Å². The van der Waals surface area contributed by atoms with E-state index in [2.05, 4.69) is 19.2 Å². The minimum Gasteiger partial charge on any atom is -0.466 e. The van der Waals surface area contributed by atoms with Crippen LogP contribution < -0.4 is 5.32 Å². The van der Waals surface area contributed by atoms with Gasteiger partial charge >= 0.3 is 5.97 Å². The maximum atomic E-state index is 12.4. The van der Waals surface area contributed by atoms with Crippen LogP contribution >= 0.6 is 0 Å². The number of ether oxygens (including phenoxy) is 1. The lowest BCUT2D eigenvalue weighted by Crippen LogP contribution is -2.45. The molecule has 6 heteroatoms. The number of nitrogens with one attached hydrogen (secondary N) is 1. The molecule has 56 heavy (non-hydrogen) atoms. The van der Waals surface area contributed by atoms with Crippen LogP contribution in [0.4, 0.5) is 0 Å². The number of rotatable bonds is 47. The van der Waals surface area contributed by atoms with E-state index in [1.54, 1.807) is 0 Å². The molecule has 0 aromatic heterocycles. The summed E-state index contributed by atoms with van der Waals surface area (Å²) in [4.78, 5) is 24.4. The van der Waals surface area contributed by atoms with Crippen molar-refractivity contribution in [1.29, 1.82) is 0 Å². The van der Waals surface area contributed by atoms with Gasteiger partial charge in [0.15, 0.2) is 0 Å². The standard InChI is InChI=1S/C50H99NO5/c1-3-5-7-9-11-13-15-20-24-28-32-36-40-44-50(55)56-45-41-37-33-29-25-22-19-17-16-18-21-23-27-31-35-39-43-49(54)51-47(46-52)48(53)42-38-34-30-26-14-12-10-8-6-4-2/h47-48,52-53H,3-46H2,1-2H3,(H,51,54). The monoisotopic (exact) mass is 794 g/mol. The van der Waals surface area contributed by atoms with Crippen LogP contribution in [-0.2, 0) is 14.3 Å². The number of hydrogen-bond acceptors (Lipinski definition) is 5. The molecule has 0 rings (SSSR count). The Hall–Kier alpha value is -1.14. The van der Waals surface area contributed by atoms with Gasteiger partial charge in [0.05, 0.1) is 25.4 Å². The third-order valence-corrected chi connectivity index (χ3v) is 11.9. The maximum absolute atomic E-state index is 12.4. The second-order valence-electron chi connectivity index (χ2n) is 17.5. The zero-order valence-corrected chi connectivity index (χ0v) is 37.9. The van der Waals surface area contributed by atoms with E-state index in [-0.39, 0.29) is 18.5 Å².